The molecule has 1 fully saturated rings. The third-order valence-electron chi connectivity index (χ3n) is 4.63. The van der Waals surface area contributed by atoms with Gasteiger partial charge in [-0.25, -0.2) is 0 Å². The Morgan fingerprint density at radius 1 is 1.33 bits per heavy atom. The fourth-order valence-corrected chi connectivity index (χ4v) is 2.95. The molecule has 0 spiro atoms. The predicted octanol–water partition coefficient (Wildman–Crippen LogP) is 3.74. The van der Waals surface area contributed by atoms with Crippen LogP contribution in [0, 0.1) is 19.8 Å². The standard InChI is InChI=1S/C19H24N2O3/c1-13-7-9-21(10-8-13)19(22)18-17(15(3)24-20-18)12-23-16-6-4-5-14(2)11-16/h4-6,11,13H,7-10,12H2,1-3H3. The highest BCUT2D eigenvalue weighted by Gasteiger charge is 2.27. The molecule has 1 aliphatic rings. The molecule has 0 bridgehead atoms. The van der Waals surface area contributed by atoms with E-state index in [-0.39, 0.29) is 12.5 Å². The normalized spacial score (nSPS) is 15.5. The van der Waals surface area contributed by atoms with Gasteiger partial charge in [0.15, 0.2) is 5.69 Å². The maximum atomic E-state index is 12.8. The summed E-state index contributed by atoms with van der Waals surface area (Å²) in [4.78, 5) is 14.6. The predicted molar refractivity (Wildman–Crippen MR) is 91.1 cm³/mol. The quantitative estimate of drug-likeness (QED) is 0.858. The van der Waals surface area contributed by atoms with Crippen molar-refractivity contribution in [3.63, 3.8) is 0 Å². The molecule has 0 saturated carbocycles. The third kappa shape index (κ3) is 3.61. The molecule has 1 saturated heterocycles. The van der Waals surface area contributed by atoms with Gasteiger partial charge in [0.25, 0.3) is 5.91 Å². The van der Waals surface area contributed by atoms with E-state index in [4.69, 9.17) is 9.26 Å². The minimum Gasteiger partial charge on any atom is -0.489 e. The van der Waals surface area contributed by atoms with Gasteiger partial charge in [-0.1, -0.05) is 24.2 Å². The Morgan fingerprint density at radius 3 is 2.79 bits per heavy atom. The first-order valence-corrected chi connectivity index (χ1v) is 8.48. The number of benzene rings is 1. The molecule has 5 nitrogen and oxygen atoms in total. The summed E-state index contributed by atoms with van der Waals surface area (Å²) >= 11 is 0. The summed E-state index contributed by atoms with van der Waals surface area (Å²) < 4.78 is 11.1. The summed E-state index contributed by atoms with van der Waals surface area (Å²) in [5.74, 6) is 2.04. The minimum atomic E-state index is -0.0541. The number of piperidine rings is 1. The van der Waals surface area contributed by atoms with Crippen molar-refractivity contribution in [2.75, 3.05) is 13.1 Å². The number of ether oxygens (including phenoxy) is 1. The Morgan fingerprint density at radius 2 is 2.08 bits per heavy atom. The lowest BCUT2D eigenvalue weighted by molar-refractivity contribution is 0.0684. The lowest BCUT2D eigenvalue weighted by Gasteiger charge is -2.29. The van der Waals surface area contributed by atoms with Crippen LogP contribution in [0.3, 0.4) is 0 Å². The highest BCUT2D eigenvalue weighted by molar-refractivity contribution is 5.93. The number of amides is 1. The van der Waals surface area contributed by atoms with Crippen molar-refractivity contribution in [2.45, 2.75) is 40.2 Å². The molecule has 24 heavy (non-hydrogen) atoms. The van der Waals surface area contributed by atoms with Crippen LogP contribution >= 0.6 is 0 Å². The highest BCUT2D eigenvalue weighted by Crippen LogP contribution is 2.22. The monoisotopic (exact) mass is 328 g/mol. The average Bonchev–Trinajstić information content (AvgIpc) is 2.94. The van der Waals surface area contributed by atoms with Crippen LogP contribution in [0.2, 0.25) is 0 Å². The molecule has 0 atom stereocenters. The van der Waals surface area contributed by atoms with Crippen LogP contribution in [0.1, 0.15) is 47.1 Å². The van der Waals surface area contributed by atoms with Gasteiger partial charge in [-0.2, -0.15) is 0 Å². The van der Waals surface area contributed by atoms with Crippen molar-refractivity contribution in [3.05, 3.63) is 46.8 Å². The van der Waals surface area contributed by atoms with Gasteiger partial charge in [-0.05, 0) is 50.3 Å². The number of hydrogen-bond donors (Lipinski definition) is 0. The molecule has 1 aromatic carbocycles. The van der Waals surface area contributed by atoms with E-state index in [9.17, 15) is 4.79 Å². The van der Waals surface area contributed by atoms with E-state index in [1.165, 1.54) is 0 Å². The van der Waals surface area contributed by atoms with E-state index in [0.29, 0.717) is 17.4 Å². The number of rotatable bonds is 4. The van der Waals surface area contributed by atoms with Gasteiger partial charge in [0, 0.05) is 13.1 Å². The molecule has 3 rings (SSSR count). The van der Waals surface area contributed by atoms with Crippen molar-refractivity contribution in [1.29, 1.82) is 0 Å². The van der Waals surface area contributed by atoms with E-state index in [1.54, 1.807) is 0 Å². The molecule has 128 valence electrons. The third-order valence-corrected chi connectivity index (χ3v) is 4.63. The first-order chi connectivity index (χ1) is 11.5. The van der Waals surface area contributed by atoms with Crippen molar-refractivity contribution in [1.82, 2.24) is 10.1 Å². The molecule has 1 aromatic heterocycles. The molecule has 2 aromatic rings. The van der Waals surface area contributed by atoms with E-state index in [2.05, 4.69) is 12.1 Å². The fourth-order valence-electron chi connectivity index (χ4n) is 2.95. The molecule has 0 N–H and O–H groups in total. The molecule has 2 heterocycles. The summed E-state index contributed by atoms with van der Waals surface area (Å²) in [6.07, 6.45) is 2.08. The summed E-state index contributed by atoms with van der Waals surface area (Å²) in [5.41, 5.74) is 2.25. The van der Waals surface area contributed by atoms with Gasteiger partial charge >= 0.3 is 0 Å². The van der Waals surface area contributed by atoms with Crippen LogP contribution in [0.15, 0.2) is 28.8 Å². The van der Waals surface area contributed by atoms with Crippen LogP contribution in [-0.4, -0.2) is 29.1 Å². The summed E-state index contributed by atoms with van der Waals surface area (Å²) in [7, 11) is 0. The van der Waals surface area contributed by atoms with Gasteiger partial charge in [-0.3, -0.25) is 4.79 Å². The van der Waals surface area contributed by atoms with Gasteiger partial charge < -0.3 is 14.2 Å². The number of nitrogens with zero attached hydrogens (tertiary/aromatic N) is 2. The Balaban J connectivity index is 1.72. The van der Waals surface area contributed by atoms with Gasteiger partial charge in [-0.15, -0.1) is 0 Å². The van der Waals surface area contributed by atoms with Gasteiger partial charge in [0.1, 0.15) is 18.1 Å². The second-order valence-electron chi connectivity index (χ2n) is 6.65. The largest absolute Gasteiger partial charge is 0.489 e. The van der Waals surface area contributed by atoms with Crippen LogP contribution in [-0.2, 0) is 6.61 Å². The molecule has 1 amide bonds. The number of aryl methyl sites for hydroxylation is 2. The highest BCUT2D eigenvalue weighted by atomic mass is 16.5. The topological polar surface area (TPSA) is 55.6 Å². The van der Waals surface area contributed by atoms with Crippen molar-refractivity contribution in [3.8, 4) is 5.75 Å². The molecular formula is C19H24N2O3. The zero-order valence-electron chi connectivity index (χ0n) is 14.5. The Bertz CT molecular complexity index is 715. The molecule has 5 heteroatoms. The number of carbonyl (C=O) groups is 1. The van der Waals surface area contributed by atoms with E-state index in [1.807, 2.05) is 43.0 Å². The zero-order valence-corrected chi connectivity index (χ0v) is 14.5. The first-order valence-electron chi connectivity index (χ1n) is 8.48. The minimum absolute atomic E-state index is 0.0541. The van der Waals surface area contributed by atoms with E-state index in [0.717, 1.165) is 42.8 Å². The van der Waals surface area contributed by atoms with Crippen molar-refractivity contribution >= 4 is 5.91 Å². The number of aromatic nitrogens is 1. The van der Waals surface area contributed by atoms with Gasteiger partial charge in [0.2, 0.25) is 0 Å². The lowest BCUT2D eigenvalue weighted by Crippen LogP contribution is -2.38. The van der Waals surface area contributed by atoms with Crippen molar-refractivity contribution in [2.24, 2.45) is 5.92 Å². The van der Waals surface area contributed by atoms with Gasteiger partial charge in [0.05, 0.1) is 5.56 Å². The zero-order chi connectivity index (χ0) is 17.1. The lowest BCUT2D eigenvalue weighted by atomic mass is 9.99. The second-order valence-corrected chi connectivity index (χ2v) is 6.65. The SMILES string of the molecule is Cc1cccc(OCc2c(C(=O)N3CCC(C)CC3)noc2C)c1. The van der Waals surface area contributed by atoms with Crippen LogP contribution in [0.5, 0.6) is 5.75 Å². The molecule has 1 aliphatic heterocycles. The number of likely N-dealkylation sites (tertiary alicyclic amines) is 1. The second kappa shape index (κ2) is 7.07. The smallest absolute Gasteiger partial charge is 0.276 e. The Hall–Kier alpha value is -2.30. The first kappa shape index (κ1) is 16.6. The maximum absolute atomic E-state index is 12.8. The fraction of sp³-hybridized carbons (Fsp3) is 0.474. The van der Waals surface area contributed by atoms with Crippen LogP contribution in [0.25, 0.3) is 0 Å². The Labute approximate surface area is 142 Å². The molecule has 0 aliphatic carbocycles. The summed E-state index contributed by atoms with van der Waals surface area (Å²) in [6.45, 7) is 7.91. The number of hydrogen-bond acceptors (Lipinski definition) is 4. The summed E-state index contributed by atoms with van der Waals surface area (Å²) in [6, 6.07) is 7.84. The van der Waals surface area contributed by atoms with E-state index >= 15 is 0 Å². The molecular weight excluding hydrogens is 304 g/mol. The summed E-state index contributed by atoms with van der Waals surface area (Å²) in [5, 5.41) is 3.99. The molecule has 0 radical (unpaired) electrons. The van der Waals surface area contributed by atoms with Crippen LogP contribution < -0.4 is 4.74 Å². The average molecular weight is 328 g/mol. The maximum Gasteiger partial charge on any atom is 0.276 e. The van der Waals surface area contributed by atoms with E-state index < -0.39 is 0 Å². The molecule has 0 unspecified atom stereocenters. The van der Waals surface area contributed by atoms with Crippen LogP contribution in [0.4, 0.5) is 0 Å². The number of carbonyl (C=O) groups excluding carboxylic acids is 1. The van der Waals surface area contributed by atoms with Crippen molar-refractivity contribution < 1.29 is 14.1 Å². The Kier molecular flexibility index (Phi) is 4.88.